The minimum Gasteiger partial charge on any atom is -0.497 e. The number of amides is 1. The van der Waals surface area contributed by atoms with Crippen LogP contribution < -0.4 is 4.74 Å². The molecule has 1 heterocycles. The van der Waals surface area contributed by atoms with Crippen molar-refractivity contribution >= 4 is 39.8 Å². The SMILES string of the molecule is CCC1S/C(=N\N=C\c2cccc3ccccc23)N(Cc2ccc(OC)cc2)C1=O. The van der Waals surface area contributed by atoms with Gasteiger partial charge in [0.05, 0.1) is 25.1 Å². The van der Waals surface area contributed by atoms with Gasteiger partial charge in [-0.3, -0.25) is 9.69 Å². The molecule has 5 nitrogen and oxygen atoms in total. The number of hydrogen-bond donors (Lipinski definition) is 0. The van der Waals surface area contributed by atoms with Crippen molar-refractivity contribution in [2.75, 3.05) is 7.11 Å². The Balaban J connectivity index is 1.58. The first-order valence-corrected chi connectivity index (χ1v) is 10.8. The van der Waals surface area contributed by atoms with Gasteiger partial charge in [-0.2, -0.15) is 5.10 Å². The van der Waals surface area contributed by atoms with Gasteiger partial charge >= 0.3 is 0 Å². The van der Waals surface area contributed by atoms with Crippen molar-refractivity contribution in [3.8, 4) is 5.75 Å². The van der Waals surface area contributed by atoms with Crippen molar-refractivity contribution in [2.24, 2.45) is 10.2 Å². The van der Waals surface area contributed by atoms with Crippen molar-refractivity contribution in [2.45, 2.75) is 25.1 Å². The van der Waals surface area contributed by atoms with E-state index in [0.29, 0.717) is 11.7 Å². The van der Waals surface area contributed by atoms with E-state index >= 15 is 0 Å². The molecule has 1 saturated heterocycles. The number of benzene rings is 3. The van der Waals surface area contributed by atoms with Crippen LogP contribution in [0.1, 0.15) is 24.5 Å². The summed E-state index contributed by atoms with van der Waals surface area (Å²) in [4.78, 5) is 14.6. The third kappa shape index (κ3) is 4.24. The Morgan fingerprint density at radius 3 is 2.60 bits per heavy atom. The number of carbonyl (C=O) groups is 1. The number of hydrogen-bond acceptors (Lipinski definition) is 5. The molecule has 1 aliphatic rings. The van der Waals surface area contributed by atoms with Crippen molar-refractivity contribution in [1.82, 2.24) is 4.90 Å². The van der Waals surface area contributed by atoms with E-state index < -0.39 is 0 Å². The monoisotopic (exact) mass is 417 g/mol. The van der Waals surface area contributed by atoms with Crippen LogP contribution in [-0.2, 0) is 11.3 Å². The highest BCUT2D eigenvalue weighted by atomic mass is 32.2. The highest BCUT2D eigenvalue weighted by molar-refractivity contribution is 8.15. The Kier molecular flexibility index (Phi) is 6.14. The van der Waals surface area contributed by atoms with Crippen molar-refractivity contribution in [3.63, 3.8) is 0 Å². The number of nitrogens with zero attached hydrogens (tertiary/aromatic N) is 3. The molecule has 3 aromatic carbocycles. The maximum Gasteiger partial charge on any atom is 0.242 e. The predicted molar refractivity (Wildman–Crippen MR) is 124 cm³/mol. The van der Waals surface area contributed by atoms with E-state index in [1.807, 2.05) is 55.5 Å². The second kappa shape index (κ2) is 9.13. The number of rotatable bonds is 6. The first-order chi connectivity index (χ1) is 14.7. The van der Waals surface area contributed by atoms with Crippen LogP contribution in [0.2, 0.25) is 0 Å². The fourth-order valence-electron chi connectivity index (χ4n) is 3.41. The van der Waals surface area contributed by atoms with Crippen LogP contribution in [0.5, 0.6) is 5.75 Å². The molecule has 1 fully saturated rings. The average Bonchev–Trinajstić information content (AvgIpc) is 3.09. The molecule has 0 radical (unpaired) electrons. The van der Waals surface area contributed by atoms with Gasteiger partial charge in [0.2, 0.25) is 5.91 Å². The minimum absolute atomic E-state index is 0.0810. The first kappa shape index (κ1) is 20.2. The fraction of sp³-hybridized carbons (Fsp3) is 0.208. The van der Waals surface area contributed by atoms with E-state index in [0.717, 1.165) is 34.1 Å². The summed E-state index contributed by atoms with van der Waals surface area (Å²) in [5.41, 5.74) is 2.02. The highest BCUT2D eigenvalue weighted by Crippen LogP contribution is 2.31. The second-order valence-electron chi connectivity index (χ2n) is 6.98. The molecule has 4 rings (SSSR count). The fourth-order valence-corrected chi connectivity index (χ4v) is 4.43. The number of ether oxygens (including phenoxy) is 1. The third-order valence-electron chi connectivity index (χ3n) is 5.05. The highest BCUT2D eigenvalue weighted by Gasteiger charge is 2.36. The van der Waals surface area contributed by atoms with Gasteiger partial charge in [0.25, 0.3) is 0 Å². The Labute approximate surface area is 180 Å². The van der Waals surface area contributed by atoms with Crippen LogP contribution in [0.15, 0.2) is 76.9 Å². The number of carbonyl (C=O) groups excluding carboxylic acids is 1. The molecule has 1 aliphatic heterocycles. The standard InChI is InChI=1S/C24H23N3O2S/c1-3-22-23(28)27(16-17-11-13-20(29-2)14-12-17)24(30-22)26-25-15-19-9-6-8-18-7-4-5-10-21(18)19/h4-15,22H,3,16H2,1-2H3/b25-15+,26-24-. The van der Waals surface area contributed by atoms with Crippen LogP contribution in [0.3, 0.4) is 0 Å². The molecule has 0 N–H and O–H groups in total. The van der Waals surface area contributed by atoms with Crippen LogP contribution in [0.4, 0.5) is 0 Å². The second-order valence-corrected chi connectivity index (χ2v) is 8.15. The molecule has 0 aliphatic carbocycles. The summed E-state index contributed by atoms with van der Waals surface area (Å²) in [6.07, 6.45) is 2.51. The number of thioether (sulfide) groups is 1. The number of fused-ring (bicyclic) bond motifs is 1. The topological polar surface area (TPSA) is 54.3 Å². The predicted octanol–water partition coefficient (Wildman–Crippen LogP) is 5.09. The van der Waals surface area contributed by atoms with E-state index in [2.05, 4.69) is 28.4 Å². The lowest BCUT2D eigenvalue weighted by Gasteiger charge is -2.16. The zero-order chi connectivity index (χ0) is 20.9. The summed E-state index contributed by atoms with van der Waals surface area (Å²) in [7, 11) is 1.64. The van der Waals surface area contributed by atoms with Gasteiger partial charge in [-0.15, -0.1) is 5.10 Å². The van der Waals surface area contributed by atoms with E-state index in [-0.39, 0.29) is 11.2 Å². The molecular formula is C24H23N3O2S. The summed E-state index contributed by atoms with van der Waals surface area (Å²) >= 11 is 1.48. The Hall–Kier alpha value is -3.12. The van der Waals surface area contributed by atoms with Crippen LogP contribution in [0.25, 0.3) is 10.8 Å². The number of methoxy groups -OCH3 is 1. The van der Waals surface area contributed by atoms with E-state index in [4.69, 9.17) is 4.74 Å². The van der Waals surface area contributed by atoms with Crippen LogP contribution in [0, 0.1) is 0 Å². The molecule has 3 aromatic rings. The van der Waals surface area contributed by atoms with Gasteiger partial charge in [-0.05, 0) is 34.9 Å². The summed E-state index contributed by atoms with van der Waals surface area (Å²) in [6.45, 7) is 2.48. The minimum atomic E-state index is -0.116. The molecule has 0 aromatic heterocycles. The van der Waals surface area contributed by atoms with Crippen LogP contribution in [-0.4, -0.2) is 34.5 Å². The lowest BCUT2D eigenvalue weighted by molar-refractivity contribution is -0.126. The molecule has 0 saturated carbocycles. The Bertz CT molecular complexity index is 1100. The summed E-state index contributed by atoms with van der Waals surface area (Å²) in [6, 6.07) is 22.0. The Morgan fingerprint density at radius 2 is 1.83 bits per heavy atom. The summed E-state index contributed by atoms with van der Waals surface area (Å²) < 4.78 is 5.21. The molecular weight excluding hydrogens is 394 g/mol. The number of amidine groups is 1. The van der Waals surface area contributed by atoms with Gasteiger partial charge in [-0.25, -0.2) is 0 Å². The Morgan fingerprint density at radius 1 is 1.07 bits per heavy atom. The van der Waals surface area contributed by atoms with E-state index in [9.17, 15) is 4.79 Å². The van der Waals surface area contributed by atoms with Gasteiger partial charge in [0, 0.05) is 5.56 Å². The average molecular weight is 418 g/mol. The normalized spacial score (nSPS) is 18.1. The van der Waals surface area contributed by atoms with Crippen molar-refractivity contribution in [1.29, 1.82) is 0 Å². The van der Waals surface area contributed by atoms with Crippen LogP contribution >= 0.6 is 11.8 Å². The molecule has 1 unspecified atom stereocenters. The van der Waals surface area contributed by atoms with Gasteiger partial charge in [-0.1, -0.05) is 73.3 Å². The zero-order valence-corrected chi connectivity index (χ0v) is 17.8. The molecule has 6 heteroatoms. The smallest absolute Gasteiger partial charge is 0.242 e. The molecule has 30 heavy (non-hydrogen) atoms. The molecule has 0 spiro atoms. The maximum atomic E-state index is 12.8. The molecule has 1 amide bonds. The van der Waals surface area contributed by atoms with E-state index in [1.165, 1.54) is 11.8 Å². The van der Waals surface area contributed by atoms with Gasteiger partial charge < -0.3 is 4.74 Å². The maximum absolute atomic E-state index is 12.8. The molecule has 0 bridgehead atoms. The lowest BCUT2D eigenvalue weighted by atomic mass is 10.1. The van der Waals surface area contributed by atoms with Crippen molar-refractivity contribution in [3.05, 3.63) is 77.9 Å². The summed E-state index contributed by atoms with van der Waals surface area (Å²) in [5, 5.41) is 11.5. The van der Waals surface area contributed by atoms with E-state index in [1.54, 1.807) is 18.2 Å². The molecule has 1 atom stereocenters. The van der Waals surface area contributed by atoms with Crippen molar-refractivity contribution < 1.29 is 9.53 Å². The largest absolute Gasteiger partial charge is 0.497 e. The van der Waals surface area contributed by atoms with Gasteiger partial charge in [0.1, 0.15) is 5.75 Å². The lowest BCUT2D eigenvalue weighted by Crippen LogP contribution is -2.31. The quantitative estimate of drug-likeness (QED) is 0.415. The first-order valence-electron chi connectivity index (χ1n) is 9.89. The third-order valence-corrected chi connectivity index (χ3v) is 6.39. The van der Waals surface area contributed by atoms with Gasteiger partial charge in [0.15, 0.2) is 5.17 Å². The molecule has 152 valence electrons. The summed E-state index contributed by atoms with van der Waals surface area (Å²) in [5.74, 6) is 0.873. The zero-order valence-electron chi connectivity index (χ0n) is 17.0.